The third-order valence-corrected chi connectivity index (χ3v) is 14.0. The predicted molar refractivity (Wildman–Crippen MR) is 262 cm³/mol. The third-order valence-electron chi connectivity index (χ3n) is 12.3. The number of methoxy groups -OCH3 is 2. The molecule has 2 N–H and O–H groups in total. The van der Waals surface area contributed by atoms with E-state index in [2.05, 4.69) is 29.1 Å². The molecule has 5 rings (SSSR count). The normalized spacial score (nSPS) is 17.8. The molecule has 2 aromatic heterocycles. The molecule has 68 heavy (non-hydrogen) atoms. The summed E-state index contributed by atoms with van der Waals surface area (Å²) >= 11 is 6.51. The van der Waals surface area contributed by atoms with Gasteiger partial charge in [0.1, 0.15) is 54.3 Å². The lowest BCUT2D eigenvalue weighted by Gasteiger charge is -2.33. The Labute approximate surface area is 408 Å². The third kappa shape index (κ3) is 16.1. The molecule has 4 aromatic rings. The lowest BCUT2D eigenvalue weighted by Crippen LogP contribution is -2.50. The van der Waals surface area contributed by atoms with Gasteiger partial charge in [0.15, 0.2) is 11.6 Å². The van der Waals surface area contributed by atoms with Gasteiger partial charge in [0.05, 0.1) is 42.7 Å². The molecule has 372 valence electrons. The van der Waals surface area contributed by atoms with Gasteiger partial charge in [0.2, 0.25) is 5.60 Å². The topological polar surface area (TPSA) is 195 Å². The number of hydrogen-bond acceptors (Lipinski definition) is 14. The number of nitrogen functional groups attached to an aromatic ring is 1. The molecule has 17 heteroatoms. The van der Waals surface area contributed by atoms with Crippen molar-refractivity contribution in [3.63, 3.8) is 0 Å². The van der Waals surface area contributed by atoms with E-state index in [1.165, 1.54) is 110 Å². The molecular formula is C51H72ClN6O9P. The first-order valence-electron chi connectivity index (χ1n) is 24.3. The van der Waals surface area contributed by atoms with Gasteiger partial charge < -0.3 is 33.9 Å². The minimum atomic E-state index is -4.63. The monoisotopic (exact) mass is 978 g/mol. The summed E-state index contributed by atoms with van der Waals surface area (Å²) in [5.74, 6) is -0.460. The Bertz CT molecular complexity index is 2280. The Morgan fingerprint density at radius 3 is 2.12 bits per heavy atom. The molecule has 0 amide bonds. The summed E-state index contributed by atoms with van der Waals surface area (Å²) in [7, 11) is -1.79. The number of aromatic nitrogens is 3. The van der Waals surface area contributed by atoms with Gasteiger partial charge in [-0.1, -0.05) is 146 Å². The van der Waals surface area contributed by atoms with Crippen LogP contribution >= 0.6 is 19.4 Å². The van der Waals surface area contributed by atoms with Crippen molar-refractivity contribution in [2.75, 3.05) is 33.2 Å². The van der Waals surface area contributed by atoms with Crippen LogP contribution < -0.4 is 15.0 Å². The molecular weight excluding hydrogens is 907 g/mol. The molecule has 0 spiro atoms. The highest BCUT2D eigenvalue weighted by molar-refractivity contribution is 7.49. The minimum absolute atomic E-state index is 0.0455. The Kier molecular flexibility index (Phi) is 22.3. The maximum Gasteiger partial charge on any atom is 0.530 e. The summed E-state index contributed by atoms with van der Waals surface area (Å²) in [6.07, 6.45) is 20.7. The number of halogens is 1. The number of fused-ring (bicyclic) bond motifs is 1. The summed E-state index contributed by atoms with van der Waals surface area (Å²) in [6, 6.07) is 19.6. The second-order valence-electron chi connectivity index (χ2n) is 17.9. The van der Waals surface area contributed by atoms with Crippen LogP contribution in [-0.2, 0) is 39.2 Å². The molecule has 1 saturated heterocycles. The predicted octanol–water partition coefficient (Wildman–Crippen LogP) is 12.8. The van der Waals surface area contributed by atoms with E-state index < -0.39 is 44.1 Å². The first-order valence-corrected chi connectivity index (χ1v) is 26.2. The molecule has 5 atom stereocenters. The van der Waals surface area contributed by atoms with Gasteiger partial charge in [-0.2, -0.15) is 15.6 Å². The summed E-state index contributed by atoms with van der Waals surface area (Å²) in [5, 5.41) is 24.9. The van der Waals surface area contributed by atoms with E-state index in [9.17, 15) is 15.1 Å². The summed E-state index contributed by atoms with van der Waals surface area (Å²) in [5.41, 5.74) is 6.44. The largest absolute Gasteiger partial charge is 0.530 e. The Balaban J connectivity index is 1.24. The number of nitrogens with two attached hydrogens (primary N) is 1. The van der Waals surface area contributed by atoms with Gasteiger partial charge in [-0.25, -0.2) is 14.1 Å². The van der Waals surface area contributed by atoms with Crippen molar-refractivity contribution < 1.29 is 41.8 Å². The van der Waals surface area contributed by atoms with Crippen LogP contribution in [0.5, 0.6) is 11.5 Å². The van der Waals surface area contributed by atoms with E-state index in [1.54, 1.807) is 66.9 Å². The van der Waals surface area contributed by atoms with Crippen molar-refractivity contribution in [3.8, 4) is 23.6 Å². The number of benzene rings is 2. The van der Waals surface area contributed by atoms with Gasteiger partial charge in [-0.15, -0.1) is 0 Å². The number of hydrogen-bond donors (Lipinski definition) is 1. The number of para-hydroxylation sites is 1. The van der Waals surface area contributed by atoms with Crippen molar-refractivity contribution in [2.24, 2.45) is 0 Å². The average molecular weight is 980 g/mol. The standard InChI is InChI=1S/C51H72ClN6O9P/c1-6-7-8-9-10-11-12-13-14-15-16-17-18-19-20-21-22-25-41(62-34-39-28-29-40(33-53)46(32-39)60-4)35-63-68(59,67-45-27-24-23-26-42(45)52)64-37-51(36-54,61-5)48-47(65-50(2,3)66-48)43-30-31-44-49(55)56-38-57-58(43)44/h23-24,26-32,38,41,47-48H,6-22,25,34-35,37H2,1-5H3,(H2,55,56,57)/t41-,47+,48+,51-,68?/m1/s1. The second kappa shape index (κ2) is 27.8. The van der Waals surface area contributed by atoms with E-state index in [1.807, 2.05) is 0 Å². The highest BCUT2D eigenvalue weighted by atomic mass is 35.5. The Morgan fingerprint density at radius 1 is 0.868 bits per heavy atom. The highest BCUT2D eigenvalue weighted by Crippen LogP contribution is 2.53. The zero-order chi connectivity index (χ0) is 48.8. The van der Waals surface area contributed by atoms with E-state index in [0.29, 0.717) is 28.9 Å². The minimum Gasteiger partial charge on any atom is -0.495 e. The number of nitrogens with zero attached hydrogens (tertiary/aromatic N) is 5. The highest BCUT2D eigenvalue weighted by Gasteiger charge is 2.56. The number of anilines is 1. The van der Waals surface area contributed by atoms with Crippen molar-refractivity contribution >= 4 is 30.8 Å². The van der Waals surface area contributed by atoms with Gasteiger partial charge in [0.25, 0.3) is 0 Å². The van der Waals surface area contributed by atoms with Crippen molar-refractivity contribution in [1.82, 2.24) is 14.6 Å². The lowest BCUT2D eigenvalue weighted by molar-refractivity contribution is -0.171. The molecule has 1 unspecified atom stereocenters. The number of unbranched alkanes of at least 4 members (excludes halogenated alkanes) is 16. The molecule has 1 aliphatic heterocycles. The van der Waals surface area contributed by atoms with Crippen molar-refractivity contribution in [3.05, 3.63) is 82.8 Å². The number of rotatable bonds is 33. The smallest absolute Gasteiger partial charge is 0.495 e. The molecule has 3 heterocycles. The number of phosphoric acid groups is 1. The van der Waals surface area contributed by atoms with Crippen LogP contribution in [0.2, 0.25) is 5.02 Å². The number of ether oxygens (including phenoxy) is 5. The summed E-state index contributed by atoms with van der Waals surface area (Å²) in [4.78, 5) is 4.08. The van der Waals surface area contributed by atoms with Crippen molar-refractivity contribution in [1.29, 1.82) is 10.5 Å². The van der Waals surface area contributed by atoms with Crippen LogP contribution in [0.1, 0.15) is 159 Å². The van der Waals surface area contributed by atoms with Gasteiger partial charge in [0, 0.05) is 7.11 Å². The fraction of sp³-hybridized carbons (Fsp3) is 0.608. The number of phosphoric ester groups is 1. The maximum absolute atomic E-state index is 14.9. The van der Waals surface area contributed by atoms with E-state index in [0.717, 1.165) is 31.2 Å². The van der Waals surface area contributed by atoms with Crippen LogP contribution in [-0.4, -0.2) is 65.6 Å². The molecule has 0 radical (unpaired) electrons. The molecule has 15 nitrogen and oxygen atoms in total. The van der Waals surface area contributed by atoms with Crippen LogP contribution in [0.25, 0.3) is 5.52 Å². The molecule has 0 saturated carbocycles. The van der Waals surface area contributed by atoms with E-state index in [4.69, 9.17) is 54.6 Å². The van der Waals surface area contributed by atoms with Gasteiger partial charge in [-0.3, -0.25) is 9.05 Å². The quantitative estimate of drug-likeness (QED) is 0.0350. The van der Waals surface area contributed by atoms with E-state index in [-0.39, 0.29) is 29.8 Å². The number of nitriles is 2. The van der Waals surface area contributed by atoms with Crippen molar-refractivity contribution in [2.45, 2.75) is 173 Å². The first-order chi connectivity index (χ1) is 32.9. The summed E-state index contributed by atoms with van der Waals surface area (Å²) < 4.78 is 65.3. The van der Waals surface area contributed by atoms with Gasteiger partial charge in [-0.05, 0) is 62.2 Å². The summed E-state index contributed by atoms with van der Waals surface area (Å²) in [6.45, 7) is 5.00. The van der Waals surface area contributed by atoms with Crippen LogP contribution in [0.3, 0.4) is 0 Å². The SMILES string of the molecule is CCCCCCCCCCCCCCCCCCC[C@H](COP(=O)(OC[C@@](C#N)(OC)[C@H]1OC(C)(C)O[C@H]1c1ccc2c(N)ncnn12)Oc1ccccc1Cl)OCc1ccc(C#N)c(OC)c1. The molecule has 0 aliphatic carbocycles. The van der Waals surface area contributed by atoms with E-state index >= 15 is 0 Å². The zero-order valence-corrected chi connectivity index (χ0v) is 42.3. The zero-order valence-electron chi connectivity index (χ0n) is 40.7. The average Bonchev–Trinajstić information content (AvgIpc) is 3.92. The molecule has 1 fully saturated rings. The molecule has 0 bridgehead atoms. The van der Waals surface area contributed by atoms with Crippen LogP contribution in [0.15, 0.2) is 60.9 Å². The first kappa shape index (κ1) is 54.7. The van der Waals surface area contributed by atoms with Gasteiger partial charge >= 0.3 is 7.82 Å². The fourth-order valence-electron chi connectivity index (χ4n) is 8.43. The Hall–Kier alpha value is -4.28. The van der Waals surface area contributed by atoms with Crippen LogP contribution in [0, 0.1) is 22.7 Å². The molecule has 2 aromatic carbocycles. The Morgan fingerprint density at radius 2 is 1.51 bits per heavy atom. The fourth-order valence-corrected chi connectivity index (χ4v) is 9.93. The lowest BCUT2D eigenvalue weighted by atomic mass is 9.93. The maximum atomic E-state index is 14.9. The van der Waals surface area contributed by atoms with Crippen LogP contribution in [0.4, 0.5) is 5.82 Å². The molecule has 1 aliphatic rings. The second-order valence-corrected chi connectivity index (χ2v) is 19.9.